The number of carbonyl (C=O) groups is 1. The first kappa shape index (κ1) is 10.9. The van der Waals surface area contributed by atoms with Gasteiger partial charge in [-0.3, -0.25) is 9.69 Å². The summed E-state index contributed by atoms with van der Waals surface area (Å²) in [6, 6.07) is 1.62. The third kappa shape index (κ3) is 3.35. The molecule has 0 N–H and O–H groups in total. The summed E-state index contributed by atoms with van der Waals surface area (Å²) < 4.78 is 4.78. The molecule has 0 saturated carbocycles. The minimum absolute atomic E-state index is 0.236. The largest absolute Gasteiger partial charge is 0.465 e. The fourth-order valence-corrected chi connectivity index (χ4v) is 0.691. The Balaban J connectivity index is 3.92. The Kier molecular flexibility index (Phi) is 5.06. The van der Waals surface area contributed by atoms with E-state index in [1.54, 1.807) is 25.8 Å². The van der Waals surface area contributed by atoms with Crippen LogP contribution in [-0.2, 0) is 9.53 Å². The predicted octanol–water partition coefficient (Wildman–Crippen LogP) is 0.393. The molecule has 0 saturated heterocycles. The summed E-state index contributed by atoms with van der Waals surface area (Å²) in [5, 5.41) is 8.35. The summed E-state index contributed by atoms with van der Waals surface area (Å²) in [4.78, 5) is 12.7. The average molecular weight is 170 g/mol. The Hall–Kier alpha value is -1.08. The number of nitriles is 1. The van der Waals surface area contributed by atoms with Gasteiger partial charge in [0.05, 0.1) is 19.2 Å². The molecule has 0 radical (unpaired) electrons. The number of carbonyl (C=O) groups excluding carboxylic acids is 1. The smallest absolute Gasteiger partial charge is 0.323 e. The maximum Gasteiger partial charge on any atom is 0.323 e. The number of esters is 1. The molecule has 0 aromatic rings. The number of ether oxygens (including phenoxy) is 1. The highest BCUT2D eigenvalue weighted by molar-refractivity contribution is 5.75. The van der Waals surface area contributed by atoms with Gasteiger partial charge in [0.15, 0.2) is 0 Å². The minimum Gasteiger partial charge on any atom is -0.465 e. The van der Waals surface area contributed by atoms with Crippen LogP contribution in [0, 0.1) is 11.3 Å². The second-order valence-electron chi connectivity index (χ2n) is 2.50. The molecule has 0 bridgehead atoms. The molecule has 1 atom stereocenters. The van der Waals surface area contributed by atoms with E-state index in [-0.39, 0.29) is 18.6 Å². The van der Waals surface area contributed by atoms with Crippen molar-refractivity contribution in [3.05, 3.63) is 0 Å². The van der Waals surface area contributed by atoms with Crippen molar-refractivity contribution in [2.75, 3.05) is 20.2 Å². The summed E-state index contributed by atoms with van der Waals surface area (Å²) >= 11 is 0. The number of hydrogen-bond donors (Lipinski definition) is 0. The van der Waals surface area contributed by atoms with Gasteiger partial charge in [0.2, 0.25) is 0 Å². The van der Waals surface area contributed by atoms with Crippen LogP contribution in [0.3, 0.4) is 0 Å². The number of likely N-dealkylation sites (N-methyl/N-ethyl adjacent to an activating group) is 1. The van der Waals surface area contributed by atoms with E-state index in [1.165, 1.54) is 0 Å². The number of hydrogen-bond acceptors (Lipinski definition) is 4. The zero-order valence-electron chi connectivity index (χ0n) is 7.70. The Morgan fingerprint density at radius 3 is 2.75 bits per heavy atom. The lowest BCUT2D eigenvalue weighted by molar-refractivity contribution is -0.148. The summed E-state index contributed by atoms with van der Waals surface area (Å²) in [7, 11) is 1.71. The first-order valence-corrected chi connectivity index (χ1v) is 3.87. The number of nitrogens with zero attached hydrogens (tertiary/aromatic N) is 2. The maximum atomic E-state index is 11.1. The van der Waals surface area contributed by atoms with E-state index in [2.05, 4.69) is 0 Å². The van der Waals surface area contributed by atoms with Crippen LogP contribution in [0.5, 0.6) is 0 Å². The highest BCUT2D eigenvalue weighted by Crippen LogP contribution is 1.97. The fourth-order valence-electron chi connectivity index (χ4n) is 0.691. The summed E-state index contributed by atoms with van der Waals surface area (Å²) in [5.74, 6) is -0.282. The molecule has 0 heterocycles. The van der Waals surface area contributed by atoms with Gasteiger partial charge >= 0.3 is 5.97 Å². The summed E-state index contributed by atoms with van der Waals surface area (Å²) in [6.07, 6.45) is 0. The normalized spacial score (nSPS) is 12.2. The highest BCUT2D eigenvalue weighted by atomic mass is 16.5. The quantitative estimate of drug-likeness (QED) is 0.452. The maximum absolute atomic E-state index is 11.1. The molecule has 1 unspecified atom stereocenters. The molecule has 68 valence electrons. The van der Waals surface area contributed by atoms with E-state index in [0.29, 0.717) is 6.61 Å². The molecule has 0 aliphatic carbocycles. The van der Waals surface area contributed by atoms with Crippen LogP contribution < -0.4 is 0 Å². The van der Waals surface area contributed by atoms with Gasteiger partial charge in [-0.05, 0) is 20.9 Å². The van der Waals surface area contributed by atoms with E-state index in [1.807, 2.05) is 6.07 Å². The molecule has 0 amide bonds. The van der Waals surface area contributed by atoms with Gasteiger partial charge in [0, 0.05) is 0 Å². The minimum atomic E-state index is -0.343. The molecule has 0 aromatic carbocycles. The lowest BCUT2D eigenvalue weighted by atomic mass is 10.3. The molecule has 0 aromatic heterocycles. The average Bonchev–Trinajstić information content (AvgIpc) is 2.04. The van der Waals surface area contributed by atoms with Crippen molar-refractivity contribution in [2.45, 2.75) is 19.9 Å². The van der Waals surface area contributed by atoms with Crippen molar-refractivity contribution in [3.63, 3.8) is 0 Å². The topological polar surface area (TPSA) is 53.3 Å². The Morgan fingerprint density at radius 2 is 2.33 bits per heavy atom. The van der Waals surface area contributed by atoms with E-state index < -0.39 is 0 Å². The highest BCUT2D eigenvalue weighted by Gasteiger charge is 2.18. The van der Waals surface area contributed by atoms with Crippen LogP contribution in [0.15, 0.2) is 0 Å². The molecule has 0 aliphatic heterocycles. The van der Waals surface area contributed by atoms with Crippen LogP contribution in [0.1, 0.15) is 13.8 Å². The molecular weight excluding hydrogens is 156 g/mol. The van der Waals surface area contributed by atoms with Crippen LogP contribution >= 0.6 is 0 Å². The van der Waals surface area contributed by atoms with Crippen molar-refractivity contribution in [3.8, 4) is 6.07 Å². The van der Waals surface area contributed by atoms with Gasteiger partial charge in [-0.1, -0.05) is 0 Å². The molecule has 12 heavy (non-hydrogen) atoms. The Bertz CT molecular complexity index is 186. The monoisotopic (exact) mass is 170 g/mol. The van der Waals surface area contributed by atoms with Crippen molar-refractivity contribution in [1.82, 2.24) is 4.90 Å². The van der Waals surface area contributed by atoms with Gasteiger partial charge < -0.3 is 4.74 Å². The van der Waals surface area contributed by atoms with Crippen LogP contribution in [-0.4, -0.2) is 37.1 Å². The molecule has 0 rings (SSSR count). The standard InChI is InChI=1S/C8H14N2O2/c1-4-12-8(11)7(2)10(3)6-5-9/h7H,4,6H2,1-3H3. The molecule has 4 nitrogen and oxygen atoms in total. The van der Waals surface area contributed by atoms with E-state index >= 15 is 0 Å². The van der Waals surface area contributed by atoms with Gasteiger partial charge in [-0.2, -0.15) is 5.26 Å². The molecule has 0 spiro atoms. The van der Waals surface area contributed by atoms with Crippen molar-refractivity contribution in [2.24, 2.45) is 0 Å². The van der Waals surface area contributed by atoms with E-state index in [4.69, 9.17) is 10.00 Å². The predicted molar refractivity (Wildman–Crippen MR) is 44.3 cm³/mol. The third-order valence-corrected chi connectivity index (χ3v) is 1.61. The van der Waals surface area contributed by atoms with Gasteiger partial charge in [-0.15, -0.1) is 0 Å². The second-order valence-corrected chi connectivity index (χ2v) is 2.50. The van der Waals surface area contributed by atoms with E-state index in [9.17, 15) is 4.79 Å². The third-order valence-electron chi connectivity index (χ3n) is 1.61. The molecular formula is C8H14N2O2. The SMILES string of the molecule is CCOC(=O)C(C)N(C)CC#N. The summed E-state index contributed by atoms with van der Waals surface area (Å²) in [5.41, 5.74) is 0. The van der Waals surface area contributed by atoms with Gasteiger partial charge in [0.1, 0.15) is 6.04 Å². The van der Waals surface area contributed by atoms with Gasteiger partial charge in [0.25, 0.3) is 0 Å². The van der Waals surface area contributed by atoms with Crippen LogP contribution in [0.2, 0.25) is 0 Å². The fraction of sp³-hybridized carbons (Fsp3) is 0.750. The first-order valence-electron chi connectivity index (χ1n) is 3.87. The van der Waals surface area contributed by atoms with Gasteiger partial charge in [-0.25, -0.2) is 0 Å². The number of rotatable bonds is 4. The van der Waals surface area contributed by atoms with Crippen LogP contribution in [0.25, 0.3) is 0 Å². The molecule has 4 heteroatoms. The Morgan fingerprint density at radius 1 is 1.75 bits per heavy atom. The second kappa shape index (κ2) is 5.56. The Labute approximate surface area is 72.7 Å². The van der Waals surface area contributed by atoms with Crippen molar-refractivity contribution in [1.29, 1.82) is 5.26 Å². The van der Waals surface area contributed by atoms with Crippen molar-refractivity contribution >= 4 is 5.97 Å². The molecule has 0 fully saturated rings. The zero-order chi connectivity index (χ0) is 9.56. The zero-order valence-corrected chi connectivity index (χ0v) is 7.70. The van der Waals surface area contributed by atoms with Crippen LogP contribution in [0.4, 0.5) is 0 Å². The lowest BCUT2D eigenvalue weighted by Crippen LogP contribution is -2.37. The molecule has 0 aliphatic rings. The van der Waals surface area contributed by atoms with E-state index in [0.717, 1.165) is 0 Å². The first-order chi connectivity index (χ1) is 5.63. The summed E-state index contributed by atoms with van der Waals surface area (Å²) in [6.45, 7) is 4.09. The lowest BCUT2D eigenvalue weighted by Gasteiger charge is -2.19. The van der Waals surface area contributed by atoms with Crippen molar-refractivity contribution < 1.29 is 9.53 Å².